The second kappa shape index (κ2) is 5.96. The molecular weight excluding hydrogens is 263 g/mol. The van der Waals surface area contributed by atoms with Crippen molar-refractivity contribution in [3.63, 3.8) is 0 Å². The van der Waals surface area contributed by atoms with Gasteiger partial charge < -0.3 is 0 Å². The zero-order valence-electron chi connectivity index (χ0n) is 12.3. The Balaban J connectivity index is 1.99. The molecule has 0 saturated carbocycles. The lowest BCUT2D eigenvalue weighted by Gasteiger charge is -2.32. The van der Waals surface area contributed by atoms with Gasteiger partial charge in [-0.3, -0.25) is 11.3 Å². The summed E-state index contributed by atoms with van der Waals surface area (Å²) in [6, 6.07) is 13.9. The molecule has 0 aromatic heterocycles. The first-order chi connectivity index (χ1) is 10.2. The van der Waals surface area contributed by atoms with Crippen molar-refractivity contribution in [2.24, 2.45) is 5.84 Å². The molecule has 1 aliphatic carbocycles. The van der Waals surface area contributed by atoms with Gasteiger partial charge in [-0.1, -0.05) is 36.4 Å². The van der Waals surface area contributed by atoms with Crippen LogP contribution in [0.1, 0.15) is 47.1 Å². The van der Waals surface area contributed by atoms with Crippen molar-refractivity contribution < 1.29 is 4.39 Å². The summed E-state index contributed by atoms with van der Waals surface area (Å²) < 4.78 is 13.5. The summed E-state index contributed by atoms with van der Waals surface area (Å²) in [5.41, 5.74) is 7.45. The fraction of sp³-hybridized carbons (Fsp3) is 0.333. The first-order valence-electron chi connectivity index (χ1n) is 7.50. The summed E-state index contributed by atoms with van der Waals surface area (Å²) in [6.07, 6.45) is 3.40. The quantitative estimate of drug-likeness (QED) is 0.665. The van der Waals surface area contributed by atoms with Gasteiger partial charge in [0.2, 0.25) is 0 Å². The summed E-state index contributed by atoms with van der Waals surface area (Å²) in [4.78, 5) is 0. The number of fused-ring (bicyclic) bond motifs is 1. The molecule has 0 saturated heterocycles. The smallest absolute Gasteiger partial charge is 0.126 e. The Morgan fingerprint density at radius 3 is 2.81 bits per heavy atom. The molecule has 3 N–H and O–H groups in total. The number of hydrogen-bond donors (Lipinski definition) is 2. The van der Waals surface area contributed by atoms with Crippen LogP contribution in [0.5, 0.6) is 0 Å². The van der Waals surface area contributed by atoms with E-state index in [-0.39, 0.29) is 11.9 Å². The second-order valence-corrected chi connectivity index (χ2v) is 5.85. The van der Waals surface area contributed by atoms with Crippen LogP contribution in [0.25, 0.3) is 0 Å². The van der Waals surface area contributed by atoms with E-state index in [9.17, 15) is 4.39 Å². The molecule has 2 nitrogen and oxygen atoms in total. The summed E-state index contributed by atoms with van der Waals surface area (Å²) >= 11 is 0. The maximum atomic E-state index is 13.5. The number of nitrogens with two attached hydrogens (primary N) is 1. The molecule has 0 heterocycles. The van der Waals surface area contributed by atoms with Crippen LogP contribution in [-0.2, 0) is 6.42 Å². The lowest BCUT2D eigenvalue weighted by atomic mass is 9.77. The van der Waals surface area contributed by atoms with Crippen molar-refractivity contribution in [2.75, 3.05) is 0 Å². The molecule has 1 aliphatic rings. The van der Waals surface area contributed by atoms with E-state index in [1.54, 1.807) is 6.92 Å². The van der Waals surface area contributed by atoms with Crippen molar-refractivity contribution in [1.29, 1.82) is 0 Å². The minimum atomic E-state index is -0.168. The Bertz CT molecular complexity index is 639. The third-order valence-electron chi connectivity index (χ3n) is 4.54. The molecule has 0 aliphatic heterocycles. The molecule has 110 valence electrons. The first-order valence-corrected chi connectivity index (χ1v) is 7.50. The van der Waals surface area contributed by atoms with Crippen LogP contribution in [0.15, 0.2) is 42.5 Å². The van der Waals surface area contributed by atoms with Crippen molar-refractivity contribution in [3.8, 4) is 0 Å². The Hall–Kier alpha value is -1.71. The standard InChI is InChI=1S/C18H21FN2/c1-12-11-14(9-10-17(12)19)18(21-20)16-8-4-6-13-5-2-3-7-15(13)16/h2-3,5,7,9-11,16,18,21H,4,6,8,20H2,1H3. The van der Waals surface area contributed by atoms with Gasteiger partial charge in [-0.05, 0) is 54.5 Å². The van der Waals surface area contributed by atoms with Gasteiger partial charge in [-0.15, -0.1) is 0 Å². The van der Waals surface area contributed by atoms with E-state index in [0.29, 0.717) is 11.5 Å². The van der Waals surface area contributed by atoms with E-state index >= 15 is 0 Å². The number of hydrogen-bond acceptors (Lipinski definition) is 2. The average molecular weight is 284 g/mol. The third kappa shape index (κ3) is 2.71. The minimum Gasteiger partial charge on any atom is -0.271 e. The summed E-state index contributed by atoms with van der Waals surface area (Å²) in [5.74, 6) is 6.01. The SMILES string of the molecule is Cc1cc(C(NN)C2CCCc3ccccc32)ccc1F. The Morgan fingerprint density at radius 1 is 1.24 bits per heavy atom. The number of benzene rings is 2. The topological polar surface area (TPSA) is 38.0 Å². The zero-order valence-corrected chi connectivity index (χ0v) is 12.3. The highest BCUT2D eigenvalue weighted by Gasteiger charge is 2.28. The maximum Gasteiger partial charge on any atom is 0.126 e. The third-order valence-corrected chi connectivity index (χ3v) is 4.54. The van der Waals surface area contributed by atoms with Crippen LogP contribution in [0.2, 0.25) is 0 Å². The number of hydrazine groups is 1. The van der Waals surface area contributed by atoms with Crippen LogP contribution in [0.3, 0.4) is 0 Å². The van der Waals surface area contributed by atoms with Crippen LogP contribution in [0, 0.1) is 12.7 Å². The van der Waals surface area contributed by atoms with Crippen LogP contribution in [0.4, 0.5) is 4.39 Å². The summed E-state index contributed by atoms with van der Waals surface area (Å²) in [5, 5.41) is 0. The Kier molecular flexibility index (Phi) is 4.04. The van der Waals surface area contributed by atoms with Gasteiger partial charge in [0, 0.05) is 5.92 Å². The van der Waals surface area contributed by atoms with Gasteiger partial charge in [0.05, 0.1) is 6.04 Å². The first kappa shape index (κ1) is 14.2. The highest BCUT2D eigenvalue weighted by molar-refractivity contribution is 5.37. The fourth-order valence-electron chi connectivity index (χ4n) is 3.44. The Labute approximate surface area is 125 Å². The van der Waals surface area contributed by atoms with E-state index in [1.807, 2.05) is 12.1 Å². The molecule has 21 heavy (non-hydrogen) atoms. The molecule has 3 rings (SSSR count). The molecule has 3 heteroatoms. The van der Waals surface area contributed by atoms with Crippen molar-refractivity contribution in [3.05, 3.63) is 70.5 Å². The molecule has 2 unspecified atom stereocenters. The number of nitrogens with one attached hydrogen (secondary N) is 1. The summed E-state index contributed by atoms with van der Waals surface area (Å²) in [6.45, 7) is 1.79. The lowest BCUT2D eigenvalue weighted by molar-refractivity contribution is 0.407. The van der Waals surface area contributed by atoms with Gasteiger partial charge >= 0.3 is 0 Å². The van der Waals surface area contributed by atoms with E-state index < -0.39 is 0 Å². The van der Waals surface area contributed by atoms with Gasteiger partial charge in [-0.25, -0.2) is 4.39 Å². The van der Waals surface area contributed by atoms with E-state index in [1.165, 1.54) is 23.6 Å². The number of rotatable bonds is 3. The van der Waals surface area contributed by atoms with Crippen LogP contribution in [-0.4, -0.2) is 0 Å². The fourth-order valence-corrected chi connectivity index (χ4v) is 3.44. The second-order valence-electron chi connectivity index (χ2n) is 5.85. The molecule has 0 fully saturated rings. The highest BCUT2D eigenvalue weighted by Crippen LogP contribution is 2.40. The van der Waals surface area contributed by atoms with Gasteiger partial charge in [0.1, 0.15) is 5.82 Å². The summed E-state index contributed by atoms with van der Waals surface area (Å²) in [7, 11) is 0. The molecule has 2 aromatic carbocycles. The van der Waals surface area contributed by atoms with Crippen LogP contribution < -0.4 is 11.3 Å². The van der Waals surface area contributed by atoms with E-state index in [0.717, 1.165) is 18.4 Å². The van der Waals surface area contributed by atoms with E-state index in [4.69, 9.17) is 5.84 Å². The van der Waals surface area contributed by atoms with Gasteiger partial charge in [0.15, 0.2) is 0 Å². The van der Waals surface area contributed by atoms with Crippen LogP contribution >= 0.6 is 0 Å². The molecule has 0 bridgehead atoms. The molecule has 0 spiro atoms. The molecule has 0 amide bonds. The minimum absolute atomic E-state index is 0.0192. The molecule has 2 aromatic rings. The molecule has 0 radical (unpaired) electrons. The van der Waals surface area contributed by atoms with E-state index in [2.05, 4.69) is 29.7 Å². The highest BCUT2D eigenvalue weighted by atomic mass is 19.1. The molecule has 2 atom stereocenters. The van der Waals surface area contributed by atoms with Crippen molar-refractivity contribution in [1.82, 2.24) is 5.43 Å². The largest absolute Gasteiger partial charge is 0.271 e. The van der Waals surface area contributed by atoms with Crippen molar-refractivity contribution in [2.45, 2.75) is 38.1 Å². The Morgan fingerprint density at radius 2 is 2.05 bits per heavy atom. The monoisotopic (exact) mass is 284 g/mol. The zero-order chi connectivity index (χ0) is 14.8. The van der Waals surface area contributed by atoms with Crippen molar-refractivity contribution >= 4 is 0 Å². The number of halogens is 1. The lowest BCUT2D eigenvalue weighted by Crippen LogP contribution is -2.34. The average Bonchev–Trinajstić information content (AvgIpc) is 2.52. The predicted octanol–water partition coefficient (Wildman–Crippen LogP) is 3.76. The molecular formula is C18H21FN2. The van der Waals surface area contributed by atoms with Gasteiger partial charge in [0.25, 0.3) is 0 Å². The normalized spacial score (nSPS) is 19.1. The number of aryl methyl sites for hydroxylation is 2. The van der Waals surface area contributed by atoms with Gasteiger partial charge in [-0.2, -0.15) is 0 Å². The maximum absolute atomic E-state index is 13.5. The predicted molar refractivity (Wildman–Crippen MR) is 83.3 cm³/mol.